The smallest absolute Gasteiger partial charge is 0.404 e. The number of amides is 1. The second-order valence-corrected chi connectivity index (χ2v) is 6.18. The van der Waals surface area contributed by atoms with Gasteiger partial charge in [0.2, 0.25) is 11.6 Å². The molecule has 3 aliphatic rings. The summed E-state index contributed by atoms with van der Waals surface area (Å²) < 4.78 is 6.79. The molecule has 4 rings (SSSR count). The van der Waals surface area contributed by atoms with Gasteiger partial charge in [-0.15, -0.1) is 0 Å². The molecular formula is C15H16N4O4. The Morgan fingerprint density at radius 3 is 2.70 bits per heavy atom. The van der Waals surface area contributed by atoms with Gasteiger partial charge in [0.15, 0.2) is 0 Å². The highest BCUT2D eigenvalue weighted by atomic mass is 16.5. The van der Waals surface area contributed by atoms with Crippen LogP contribution >= 0.6 is 0 Å². The Morgan fingerprint density at radius 1 is 1.35 bits per heavy atom. The number of aromatic nitrogens is 1. The van der Waals surface area contributed by atoms with Crippen LogP contribution in [0.1, 0.15) is 45.1 Å². The largest absolute Gasteiger partial charge is 0.445 e. The molecule has 0 radical (unpaired) electrons. The molecule has 0 spiro atoms. The summed E-state index contributed by atoms with van der Waals surface area (Å²) in [6, 6.07) is 0.447. The number of carbonyl (C=O) groups is 3. The second-order valence-electron chi connectivity index (χ2n) is 6.18. The van der Waals surface area contributed by atoms with Crippen molar-refractivity contribution in [2.24, 2.45) is 11.5 Å². The fourth-order valence-electron chi connectivity index (χ4n) is 3.79. The number of hydrogen-bond donors (Lipinski definition) is 2. The number of fused-ring (bicyclic) bond motifs is 5. The van der Waals surface area contributed by atoms with Crippen LogP contribution in [0.3, 0.4) is 0 Å². The number of rotatable bonds is 2. The van der Waals surface area contributed by atoms with Crippen LogP contribution in [0, 0.1) is 0 Å². The molecule has 1 aliphatic carbocycles. The molecule has 8 heteroatoms. The Labute approximate surface area is 131 Å². The highest BCUT2D eigenvalue weighted by Gasteiger charge is 2.56. The highest BCUT2D eigenvalue weighted by Crippen LogP contribution is 2.52. The molecular weight excluding hydrogens is 300 g/mol. The van der Waals surface area contributed by atoms with Gasteiger partial charge in [-0.25, -0.2) is 4.79 Å². The Kier molecular flexibility index (Phi) is 2.57. The number of nitrogens with two attached hydrogens (primary N) is 2. The van der Waals surface area contributed by atoms with Gasteiger partial charge in [0.1, 0.15) is 12.3 Å². The topological polar surface area (TPSA) is 120 Å². The highest BCUT2D eigenvalue weighted by molar-refractivity contribution is 6.26. The molecule has 1 aromatic rings. The van der Waals surface area contributed by atoms with Gasteiger partial charge in [0.05, 0.1) is 17.3 Å². The van der Waals surface area contributed by atoms with Crippen molar-refractivity contribution in [2.75, 3.05) is 7.05 Å². The summed E-state index contributed by atoms with van der Waals surface area (Å²) in [5.74, 6) is -0.630. The Hall–Kier alpha value is -2.61. The predicted molar refractivity (Wildman–Crippen MR) is 78.6 cm³/mol. The van der Waals surface area contributed by atoms with E-state index < -0.39 is 6.09 Å². The minimum Gasteiger partial charge on any atom is -0.445 e. The van der Waals surface area contributed by atoms with Gasteiger partial charge in [0, 0.05) is 29.4 Å². The molecule has 4 N–H and O–H groups in total. The van der Waals surface area contributed by atoms with Gasteiger partial charge in [-0.05, 0) is 14.0 Å². The van der Waals surface area contributed by atoms with Crippen LogP contribution in [-0.4, -0.2) is 40.2 Å². The van der Waals surface area contributed by atoms with Gasteiger partial charge < -0.3 is 20.8 Å². The van der Waals surface area contributed by atoms with Gasteiger partial charge in [-0.3, -0.25) is 14.5 Å². The van der Waals surface area contributed by atoms with Crippen molar-refractivity contribution < 1.29 is 19.1 Å². The number of ether oxygens (including phenoxy) is 1. The lowest BCUT2D eigenvalue weighted by Gasteiger charge is -2.16. The average Bonchev–Trinajstić information content (AvgIpc) is 2.87. The minimum atomic E-state index is -0.924. The summed E-state index contributed by atoms with van der Waals surface area (Å²) in [5, 5.41) is 0. The normalized spacial score (nSPS) is 27.7. The molecule has 3 heterocycles. The Balaban J connectivity index is 1.92. The number of carbonyl (C=O) groups excluding carboxylic acids is 3. The molecule has 1 saturated heterocycles. The molecule has 0 bridgehead atoms. The average molecular weight is 316 g/mol. The molecule has 0 aromatic carbocycles. The summed E-state index contributed by atoms with van der Waals surface area (Å²) >= 11 is 0. The predicted octanol–water partition coefficient (Wildman–Crippen LogP) is 0.0638. The molecule has 23 heavy (non-hydrogen) atoms. The van der Waals surface area contributed by atoms with E-state index in [1.54, 1.807) is 6.92 Å². The number of primary amides is 1. The lowest BCUT2D eigenvalue weighted by atomic mass is 9.90. The summed E-state index contributed by atoms with van der Waals surface area (Å²) in [7, 11) is 1.98. The zero-order valence-electron chi connectivity index (χ0n) is 12.8. The van der Waals surface area contributed by atoms with Crippen molar-refractivity contribution in [3.63, 3.8) is 0 Å². The first kappa shape index (κ1) is 14.0. The van der Waals surface area contributed by atoms with Crippen LogP contribution in [0.5, 0.6) is 0 Å². The lowest BCUT2D eigenvalue weighted by molar-refractivity contribution is 0.0965. The summed E-state index contributed by atoms with van der Waals surface area (Å²) in [4.78, 5) is 38.4. The van der Waals surface area contributed by atoms with Crippen LogP contribution in [0.2, 0.25) is 0 Å². The summed E-state index contributed by atoms with van der Waals surface area (Å²) in [5.41, 5.74) is 13.1. The van der Waals surface area contributed by atoms with Crippen LogP contribution in [0.15, 0.2) is 11.3 Å². The van der Waals surface area contributed by atoms with Crippen LogP contribution in [-0.2, 0) is 17.9 Å². The summed E-state index contributed by atoms with van der Waals surface area (Å²) in [6.45, 7) is 2.06. The maximum absolute atomic E-state index is 12.6. The number of likely N-dealkylation sites (N-methyl/N-ethyl adjacent to an activating group) is 1. The molecule has 2 aliphatic heterocycles. The van der Waals surface area contributed by atoms with Crippen molar-refractivity contribution in [1.29, 1.82) is 0 Å². The van der Waals surface area contributed by atoms with Gasteiger partial charge in [-0.1, -0.05) is 0 Å². The Morgan fingerprint density at radius 2 is 2.04 bits per heavy atom. The molecule has 8 nitrogen and oxygen atoms in total. The van der Waals surface area contributed by atoms with Crippen molar-refractivity contribution in [1.82, 2.24) is 9.47 Å². The Bertz CT molecular complexity index is 835. The van der Waals surface area contributed by atoms with E-state index in [-0.39, 0.29) is 41.0 Å². The SMILES string of the molecule is CC1=C(N)C(=O)c2c(COC(N)=O)c3n(c2C1=O)C[C@H]1[C@@H]3N1C. The molecule has 120 valence electrons. The third-order valence-corrected chi connectivity index (χ3v) is 5.09. The molecule has 1 amide bonds. The van der Waals surface area contributed by atoms with Crippen molar-refractivity contribution in [2.45, 2.75) is 32.2 Å². The molecule has 1 fully saturated rings. The van der Waals surface area contributed by atoms with Crippen molar-refractivity contribution in [3.05, 3.63) is 33.8 Å². The fourth-order valence-corrected chi connectivity index (χ4v) is 3.79. The van der Waals surface area contributed by atoms with E-state index in [2.05, 4.69) is 4.90 Å². The van der Waals surface area contributed by atoms with E-state index >= 15 is 0 Å². The van der Waals surface area contributed by atoms with Crippen LogP contribution < -0.4 is 11.5 Å². The monoisotopic (exact) mass is 316 g/mol. The minimum absolute atomic E-state index is 0.0483. The van der Waals surface area contributed by atoms with E-state index in [9.17, 15) is 14.4 Å². The first-order valence-electron chi connectivity index (χ1n) is 7.29. The van der Waals surface area contributed by atoms with E-state index in [0.717, 1.165) is 5.69 Å². The molecule has 3 atom stereocenters. The standard InChI is InChI=1S/C15H16N4O4/c1-5-9(16)14(21)8-6(4-23-15(17)22)10-11-7(18(11)2)3-19(10)12(8)13(5)20/h7,11H,3-4,16H2,1-2H3,(H2,17,22)/t7-,11-,18?/m0/s1. The van der Waals surface area contributed by atoms with E-state index in [0.29, 0.717) is 23.8 Å². The van der Waals surface area contributed by atoms with Gasteiger partial charge in [0.25, 0.3) is 0 Å². The van der Waals surface area contributed by atoms with E-state index in [4.69, 9.17) is 16.2 Å². The number of hydrogen-bond acceptors (Lipinski definition) is 6. The second kappa shape index (κ2) is 4.23. The zero-order valence-corrected chi connectivity index (χ0v) is 12.8. The summed E-state index contributed by atoms with van der Waals surface area (Å²) in [6.07, 6.45) is -0.924. The van der Waals surface area contributed by atoms with Gasteiger partial charge in [-0.2, -0.15) is 0 Å². The van der Waals surface area contributed by atoms with Crippen molar-refractivity contribution in [3.8, 4) is 0 Å². The van der Waals surface area contributed by atoms with Crippen LogP contribution in [0.4, 0.5) is 4.79 Å². The van der Waals surface area contributed by atoms with E-state index in [1.165, 1.54) is 0 Å². The number of Topliss-reactive ketones (excluding diaryl/α,β-unsaturated/α-hetero) is 2. The third-order valence-electron chi connectivity index (χ3n) is 5.09. The third kappa shape index (κ3) is 1.61. The maximum atomic E-state index is 12.6. The maximum Gasteiger partial charge on any atom is 0.404 e. The number of ketones is 2. The molecule has 0 saturated carbocycles. The molecule has 1 unspecified atom stereocenters. The number of allylic oxidation sites excluding steroid dienone is 2. The number of nitrogens with zero attached hydrogens (tertiary/aromatic N) is 2. The quantitative estimate of drug-likeness (QED) is 0.745. The van der Waals surface area contributed by atoms with Crippen LogP contribution in [0.25, 0.3) is 0 Å². The van der Waals surface area contributed by atoms with Crippen molar-refractivity contribution >= 4 is 17.7 Å². The molecule has 1 aromatic heterocycles. The fraction of sp³-hybridized carbons (Fsp3) is 0.400. The lowest BCUT2D eigenvalue weighted by Crippen LogP contribution is -2.27. The van der Waals surface area contributed by atoms with E-state index in [1.807, 2.05) is 11.6 Å². The first-order valence-corrected chi connectivity index (χ1v) is 7.29. The first-order chi connectivity index (χ1) is 10.8. The zero-order chi connectivity index (χ0) is 16.6. The van der Waals surface area contributed by atoms with Gasteiger partial charge >= 0.3 is 6.09 Å².